The van der Waals surface area contributed by atoms with E-state index in [1.807, 2.05) is 0 Å². The Morgan fingerprint density at radius 3 is 2.84 bits per heavy atom. The van der Waals surface area contributed by atoms with Crippen LogP contribution in [0.4, 0.5) is 8.78 Å². The molecule has 0 radical (unpaired) electrons. The molecule has 0 aliphatic carbocycles. The minimum atomic E-state index is -2.34. The van der Waals surface area contributed by atoms with Crippen molar-refractivity contribution in [1.82, 2.24) is 4.90 Å². The van der Waals surface area contributed by atoms with Crippen LogP contribution >= 0.6 is 0 Å². The van der Waals surface area contributed by atoms with E-state index in [4.69, 9.17) is 9.84 Å². The van der Waals surface area contributed by atoms with E-state index in [0.29, 0.717) is 25.3 Å². The first-order valence-corrected chi connectivity index (χ1v) is 5.92. The van der Waals surface area contributed by atoms with Crippen molar-refractivity contribution in [3.05, 3.63) is 29.8 Å². The summed E-state index contributed by atoms with van der Waals surface area (Å²) in [6.07, 6.45) is -1.74. The summed E-state index contributed by atoms with van der Waals surface area (Å²) in [5.41, 5.74) is 0.160. The molecule has 1 aromatic carbocycles. The molecule has 1 rings (SSSR count). The Morgan fingerprint density at radius 2 is 2.21 bits per heavy atom. The van der Waals surface area contributed by atoms with Crippen molar-refractivity contribution in [2.75, 3.05) is 26.7 Å². The molecule has 106 valence electrons. The van der Waals surface area contributed by atoms with Crippen LogP contribution in [0, 0.1) is 0 Å². The van der Waals surface area contributed by atoms with Gasteiger partial charge in [-0.05, 0) is 31.7 Å². The number of carbonyl (C=O) groups is 1. The summed E-state index contributed by atoms with van der Waals surface area (Å²) in [5, 5.41) is 8.80. The van der Waals surface area contributed by atoms with Gasteiger partial charge in [0.25, 0.3) is 6.43 Å². The average Bonchev–Trinajstić information content (AvgIpc) is 2.34. The number of carboxylic acid groups (broad SMARTS) is 1. The summed E-state index contributed by atoms with van der Waals surface area (Å²) in [6.45, 7) is 0.605. The largest absolute Gasteiger partial charge is 0.494 e. The third-order valence-electron chi connectivity index (χ3n) is 2.48. The summed E-state index contributed by atoms with van der Waals surface area (Å²) in [7, 11) is 1.62. The number of benzene rings is 1. The monoisotopic (exact) mass is 273 g/mol. The molecule has 0 aliphatic rings. The minimum Gasteiger partial charge on any atom is -0.494 e. The molecule has 0 unspecified atom stereocenters. The highest BCUT2D eigenvalue weighted by Crippen LogP contribution is 2.13. The zero-order valence-electron chi connectivity index (χ0n) is 10.7. The van der Waals surface area contributed by atoms with Crippen LogP contribution in [0.2, 0.25) is 0 Å². The van der Waals surface area contributed by atoms with Gasteiger partial charge in [0.1, 0.15) is 5.75 Å². The number of hydrogen-bond acceptors (Lipinski definition) is 3. The molecular formula is C13H17F2NO3. The van der Waals surface area contributed by atoms with Crippen molar-refractivity contribution >= 4 is 5.97 Å². The normalized spacial score (nSPS) is 11.0. The van der Waals surface area contributed by atoms with E-state index in [-0.39, 0.29) is 12.1 Å². The standard InChI is InChI=1S/C13H17F2NO3/c1-16(9-12(14)15)6-3-7-19-11-5-2-4-10(8-11)13(17)18/h2,4-5,8,12H,3,6-7,9H2,1H3,(H,17,18). The third-order valence-corrected chi connectivity index (χ3v) is 2.48. The average molecular weight is 273 g/mol. The predicted molar refractivity (Wildman–Crippen MR) is 67.0 cm³/mol. The molecule has 1 aromatic rings. The molecule has 19 heavy (non-hydrogen) atoms. The summed E-state index contributed by atoms with van der Waals surface area (Å²) in [6, 6.07) is 6.17. The molecule has 0 spiro atoms. The van der Waals surface area contributed by atoms with Crippen molar-refractivity contribution < 1.29 is 23.4 Å². The molecule has 0 bridgehead atoms. The molecule has 0 saturated carbocycles. The highest BCUT2D eigenvalue weighted by molar-refractivity contribution is 5.87. The fraction of sp³-hybridized carbons (Fsp3) is 0.462. The molecule has 4 nitrogen and oxygen atoms in total. The maximum atomic E-state index is 12.1. The molecule has 6 heteroatoms. The van der Waals surface area contributed by atoms with Crippen LogP contribution in [-0.2, 0) is 0 Å². The molecule has 0 aliphatic heterocycles. The van der Waals surface area contributed by atoms with Gasteiger partial charge in [-0.2, -0.15) is 0 Å². The van der Waals surface area contributed by atoms with Gasteiger partial charge in [-0.1, -0.05) is 6.07 Å². The predicted octanol–water partition coefficient (Wildman–Crippen LogP) is 2.35. The number of hydrogen-bond donors (Lipinski definition) is 1. The quantitative estimate of drug-likeness (QED) is 0.739. The van der Waals surface area contributed by atoms with E-state index >= 15 is 0 Å². The van der Waals surface area contributed by atoms with E-state index < -0.39 is 12.4 Å². The first-order valence-electron chi connectivity index (χ1n) is 5.92. The fourth-order valence-corrected chi connectivity index (χ4v) is 1.57. The van der Waals surface area contributed by atoms with Crippen LogP contribution < -0.4 is 4.74 Å². The summed E-state index contributed by atoms with van der Waals surface area (Å²) >= 11 is 0. The van der Waals surface area contributed by atoms with Gasteiger partial charge in [0.15, 0.2) is 0 Å². The van der Waals surface area contributed by atoms with Crippen molar-refractivity contribution in [2.45, 2.75) is 12.8 Å². The Morgan fingerprint density at radius 1 is 1.47 bits per heavy atom. The first-order chi connectivity index (χ1) is 8.99. The summed E-state index contributed by atoms with van der Waals surface area (Å²) in [5.74, 6) is -0.543. The molecule has 0 atom stereocenters. The van der Waals surface area contributed by atoms with Crippen molar-refractivity contribution in [1.29, 1.82) is 0 Å². The maximum absolute atomic E-state index is 12.1. The topological polar surface area (TPSA) is 49.8 Å². The van der Waals surface area contributed by atoms with Crippen LogP contribution in [0.3, 0.4) is 0 Å². The smallest absolute Gasteiger partial charge is 0.335 e. The van der Waals surface area contributed by atoms with Crippen molar-refractivity contribution in [2.24, 2.45) is 0 Å². The molecule has 0 amide bonds. The van der Waals surface area contributed by atoms with Crippen LogP contribution in [0.25, 0.3) is 0 Å². The second-order valence-electron chi connectivity index (χ2n) is 4.19. The van der Waals surface area contributed by atoms with E-state index in [1.165, 1.54) is 17.0 Å². The Balaban J connectivity index is 2.29. The lowest BCUT2D eigenvalue weighted by Crippen LogP contribution is -2.26. The number of ether oxygens (including phenoxy) is 1. The van der Waals surface area contributed by atoms with Crippen LogP contribution in [0.15, 0.2) is 24.3 Å². The van der Waals surface area contributed by atoms with Crippen molar-refractivity contribution in [3.8, 4) is 5.75 Å². The van der Waals surface area contributed by atoms with Crippen molar-refractivity contribution in [3.63, 3.8) is 0 Å². The van der Waals surface area contributed by atoms with E-state index in [2.05, 4.69) is 0 Å². The number of aromatic carboxylic acids is 1. The molecule has 0 saturated heterocycles. The number of carboxylic acids is 1. The van der Waals surface area contributed by atoms with Gasteiger partial charge in [-0.3, -0.25) is 0 Å². The Labute approximate surface area is 110 Å². The zero-order valence-corrected chi connectivity index (χ0v) is 10.7. The van der Waals surface area contributed by atoms with Gasteiger partial charge in [0.05, 0.1) is 18.7 Å². The number of rotatable bonds is 8. The second kappa shape index (κ2) is 7.68. The molecule has 0 heterocycles. The zero-order chi connectivity index (χ0) is 14.3. The number of alkyl halides is 2. The van der Waals surface area contributed by atoms with Gasteiger partial charge in [0.2, 0.25) is 0 Å². The Hall–Kier alpha value is -1.69. The van der Waals surface area contributed by atoms with Gasteiger partial charge in [-0.15, -0.1) is 0 Å². The van der Waals surface area contributed by atoms with Gasteiger partial charge < -0.3 is 14.7 Å². The fourth-order valence-electron chi connectivity index (χ4n) is 1.57. The molecule has 0 aromatic heterocycles. The second-order valence-corrected chi connectivity index (χ2v) is 4.19. The van der Waals surface area contributed by atoms with Gasteiger partial charge in [-0.25, -0.2) is 13.6 Å². The molecular weight excluding hydrogens is 256 g/mol. The van der Waals surface area contributed by atoms with E-state index in [9.17, 15) is 13.6 Å². The summed E-state index contributed by atoms with van der Waals surface area (Å²) < 4.78 is 29.5. The number of halogens is 2. The molecule has 1 N–H and O–H groups in total. The lowest BCUT2D eigenvalue weighted by molar-refractivity contribution is 0.0696. The van der Waals surface area contributed by atoms with E-state index in [1.54, 1.807) is 19.2 Å². The highest BCUT2D eigenvalue weighted by Gasteiger charge is 2.07. The SMILES string of the molecule is CN(CCCOc1cccc(C(=O)O)c1)CC(F)F. The third kappa shape index (κ3) is 6.15. The van der Waals surface area contributed by atoms with Crippen LogP contribution in [0.5, 0.6) is 5.75 Å². The lowest BCUT2D eigenvalue weighted by atomic mass is 10.2. The van der Waals surface area contributed by atoms with E-state index in [0.717, 1.165) is 0 Å². The van der Waals surface area contributed by atoms with Crippen LogP contribution in [0.1, 0.15) is 16.8 Å². The maximum Gasteiger partial charge on any atom is 0.335 e. The lowest BCUT2D eigenvalue weighted by Gasteiger charge is -2.15. The summed E-state index contributed by atoms with van der Waals surface area (Å²) in [4.78, 5) is 12.3. The molecule has 0 fully saturated rings. The highest BCUT2D eigenvalue weighted by atomic mass is 19.3. The minimum absolute atomic E-state index is 0.160. The van der Waals surface area contributed by atoms with Gasteiger partial charge >= 0.3 is 5.97 Å². The van der Waals surface area contributed by atoms with Crippen LogP contribution in [-0.4, -0.2) is 49.1 Å². The Bertz CT molecular complexity index is 413. The Kier molecular flexibility index (Phi) is 6.21. The number of nitrogens with zero attached hydrogens (tertiary/aromatic N) is 1. The first kappa shape index (κ1) is 15.4. The van der Waals surface area contributed by atoms with Gasteiger partial charge in [0, 0.05) is 6.54 Å².